The smallest absolute Gasteiger partial charge is 0.335 e. The van der Waals surface area contributed by atoms with Crippen LogP contribution in [0.3, 0.4) is 0 Å². The van der Waals surface area contributed by atoms with Gasteiger partial charge in [-0.2, -0.15) is 0 Å². The molecule has 0 amide bonds. The number of piperidine rings is 1. The SMILES string of the molecule is CC(Oc1ccc(C(=O)O)cc1)C1CCN(C)CC1. The van der Waals surface area contributed by atoms with Crippen molar-refractivity contribution < 1.29 is 14.6 Å². The number of carboxylic acid groups (broad SMARTS) is 1. The number of hydrogen-bond donors (Lipinski definition) is 1. The van der Waals surface area contributed by atoms with Gasteiger partial charge in [-0.05, 0) is 70.1 Å². The molecule has 1 aromatic carbocycles. The molecule has 4 nitrogen and oxygen atoms in total. The third kappa shape index (κ3) is 3.70. The summed E-state index contributed by atoms with van der Waals surface area (Å²) in [7, 11) is 2.15. The van der Waals surface area contributed by atoms with Gasteiger partial charge in [-0.15, -0.1) is 0 Å². The minimum atomic E-state index is -0.907. The Morgan fingerprint density at radius 1 is 1.32 bits per heavy atom. The summed E-state index contributed by atoms with van der Waals surface area (Å²) in [6.07, 6.45) is 2.49. The zero-order chi connectivity index (χ0) is 13.8. The highest BCUT2D eigenvalue weighted by Gasteiger charge is 2.23. The predicted octanol–water partition coefficient (Wildman–Crippen LogP) is 2.49. The molecular formula is C15H21NO3. The van der Waals surface area contributed by atoms with Crippen LogP contribution in [0.5, 0.6) is 5.75 Å². The first-order valence-electron chi connectivity index (χ1n) is 6.75. The van der Waals surface area contributed by atoms with Gasteiger partial charge < -0.3 is 14.7 Å². The summed E-state index contributed by atoms with van der Waals surface area (Å²) in [5, 5.41) is 8.84. The van der Waals surface area contributed by atoms with E-state index in [2.05, 4.69) is 18.9 Å². The molecule has 1 aliphatic rings. The number of carboxylic acids is 1. The van der Waals surface area contributed by atoms with Crippen LogP contribution in [0.15, 0.2) is 24.3 Å². The summed E-state index contributed by atoms with van der Waals surface area (Å²) in [5.41, 5.74) is 0.291. The van der Waals surface area contributed by atoms with Gasteiger partial charge in [0, 0.05) is 0 Å². The molecule has 0 aliphatic carbocycles. The number of benzene rings is 1. The lowest BCUT2D eigenvalue weighted by atomic mass is 9.92. The third-order valence-corrected chi connectivity index (χ3v) is 3.85. The molecule has 0 radical (unpaired) electrons. The van der Waals surface area contributed by atoms with Gasteiger partial charge in [0.15, 0.2) is 0 Å². The number of nitrogens with zero attached hydrogens (tertiary/aromatic N) is 1. The van der Waals surface area contributed by atoms with Crippen molar-refractivity contribution in [1.82, 2.24) is 4.90 Å². The molecule has 1 saturated heterocycles. The molecule has 1 aliphatic heterocycles. The van der Waals surface area contributed by atoms with Crippen molar-refractivity contribution in [2.45, 2.75) is 25.9 Å². The number of rotatable bonds is 4. The normalized spacial score (nSPS) is 19.1. The Morgan fingerprint density at radius 3 is 2.42 bits per heavy atom. The minimum Gasteiger partial charge on any atom is -0.490 e. The van der Waals surface area contributed by atoms with Gasteiger partial charge in [0.2, 0.25) is 0 Å². The third-order valence-electron chi connectivity index (χ3n) is 3.85. The average Bonchev–Trinajstić information content (AvgIpc) is 2.40. The summed E-state index contributed by atoms with van der Waals surface area (Å²) in [6.45, 7) is 4.34. The van der Waals surface area contributed by atoms with E-state index in [1.807, 2.05) is 0 Å². The Kier molecular flexibility index (Phi) is 4.43. The van der Waals surface area contributed by atoms with Gasteiger partial charge in [-0.1, -0.05) is 0 Å². The largest absolute Gasteiger partial charge is 0.490 e. The first-order chi connectivity index (χ1) is 9.06. The Morgan fingerprint density at radius 2 is 1.89 bits per heavy atom. The van der Waals surface area contributed by atoms with Crippen molar-refractivity contribution in [1.29, 1.82) is 0 Å². The van der Waals surface area contributed by atoms with E-state index >= 15 is 0 Å². The molecule has 19 heavy (non-hydrogen) atoms. The highest BCUT2D eigenvalue weighted by atomic mass is 16.5. The molecular weight excluding hydrogens is 242 g/mol. The van der Waals surface area contributed by atoms with Crippen LogP contribution in [0.2, 0.25) is 0 Å². The lowest BCUT2D eigenvalue weighted by Crippen LogP contribution is -2.36. The van der Waals surface area contributed by atoms with Crippen LogP contribution in [0.25, 0.3) is 0 Å². The maximum absolute atomic E-state index is 10.8. The van der Waals surface area contributed by atoms with Crippen molar-refractivity contribution in [3.8, 4) is 5.75 Å². The fourth-order valence-corrected chi connectivity index (χ4v) is 2.48. The van der Waals surface area contributed by atoms with Crippen molar-refractivity contribution in [2.24, 2.45) is 5.92 Å². The molecule has 0 saturated carbocycles. The Bertz CT molecular complexity index is 422. The zero-order valence-electron chi connectivity index (χ0n) is 11.5. The quantitative estimate of drug-likeness (QED) is 0.906. The fraction of sp³-hybridized carbons (Fsp3) is 0.533. The lowest BCUT2D eigenvalue weighted by Gasteiger charge is -2.32. The summed E-state index contributed by atoms with van der Waals surface area (Å²) < 4.78 is 5.91. The van der Waals surface area contributed by atoms with Crippen LogP contribution in [-0.4, -0.2) is 42.2 Å². The van der Waals surface area contributed by atoms with Crippen molar-refractivity contribution >= 4 is 5.97 Å². The second-order valence-corrected chi connectivity index (χ2v) is 5.29. The lowest BCUT2D eigenvalue weighted by molar-refractivity contribution is 0.0696. The van der Waals surface area contributed by atoms with E-state index in [-0.39, 0.29) is 6.10 Å². The molecule has 2 rings (SSSR count). The van der Waals surface area contributed by atoms with Gasteiger partial charge in [-0.3, -0.25) is 0 Å². The van der Waals surface area contributed by atoms with E-state index in [0.29, 0.717) is 11.5 Å². The summed E-state index contributed by atoms with van der Waals surface area (Å²) >= 11 is 0. The summed E-state index contributed by atoms with van der Waals surface area (Å²) in [6, 6.07) is 6.63. The van der Waals surface area contributed by atoms with Crippen molar-refractivity contribution in [3.63, 3.8) is 0 Å². The van der Waals surface area contributed by atoms with E-state index in [0.717, 1.165) is 31.7 Å². The van der Waals surface area contributed by atoms with Crippen LogP contribution < -0.4 is 4.74 Å². The van der Waals surface area contributed by atoms with E-state index in [1.54, 1.807) is 24.3 Å². The molecule has 1 heterocycles. The molecule has 4 heteroatoms. The molecule has 104 valence electrons. The van der Waals surface area contributed by atoms with Gasteiger partial charge >= 0.3 is 5.97 Å². The second-order valence-electron chi connectivity index (χ2n) is 5.29. The van der Waals surface area contributed by atoms with Crippen LogP contribution >= 0.6 is 0 Å². The van der Waals surface area contributed by atoms with Gasteiger partial charge in [0.25, 0.3) is 0 Å². The van der Waals surface area contributed by atoms with E-state index in [9.17, 15) is 4.79 Å². The molecule has 0 bridgehead atoms. The number of likely N-dealkylation sites (tertiary alicyclic amines) is 1. The van der Waals surface area contributed by atoms with Gasteiger partial charge in [-0.25, -0.2) is 4.79 Å². The first-order valence-corrected chi connectivity index (χ1v) is 6.75. The second kappa shape index (κ2) is 6.06. The van der Waals surface area contributed by atoms with Crippen LogP contribution in [0.1, 0.15) is 30.1 Å². The monoisotopic (exact) mass is 263 g/mol. The van der Waals surface area contributed by atoms with Gasteiger partial charge in [0.1, 0.15) is 5.75 Å². The molecule has 1 unspecified atom stereocenters. The zero-order valence-corrected chi connectivity index (χ0v) is 11.5. The van der Waals surface area contributed by atoms with E-state index in [1.165, 1.54) is 0 Å². The molecule has 1 N–H and O–H groups in total. The number of carbonyl (C=O) groups is 1. The van der Waals surface area contributed by atoms with E-state index < -0.39 is 5.97 Å². The van der Waals surface area contributed by atoms with Crippen LogP contribution in [0, 0.1) is 5.92 Å². The maximum atomic E-state index is 10.8. The van der Waals surface area contributed by atoms with E-state index in [4.69, 9.17) is 9.84 Å². The number of hydrogen-bond acceptors (Lipinski definition) is 3. The topological polar surface area (TPSA) is 49.8 Å². The minimum absolute atomic E-state index is 0.171. The predicted molar refractivity (Wildman–Crippen MR) is 73.7 cm³/mol. The Balaban J connectivity index is 1.91. The average molecular weight is 263 g/mol. The Labute approximate surface area is 114 Å². The highest BCUT2D eigenvalue weighted by molar-refractivity contribution is 5.87. The van der Waals surface area contributed by atoms with Gasteiger partial charge in [0.05, 0.1) is 11.7 Å². The van der Waals surface area contributed by atoms with Crippen molar-refractivity contribution in [2.75, 3.05) is 20.1 Å². The molecule has 0 spiro atoms. The fourth-order valence-electron chi connectivity index (χ4n) is 2.48. The number of ether oxygens (including phenoxy) is 1. The van der Waals surface area contributed by atoms with Crippen LogP contribution in [0.4, 0.5) is 0 Å². The maximum Gasteiger partial charge on any atom is 0.335 e. The summed E-state index contributed by atoms with van der Waals surface area (Å²) in [4.78, 5) is 13.1. The molecule has 1 atom stereocenters. The molecule has 0 aromatic heterocycles. The highest BCUT2D eigenvalue weighted by Crippen LogP contribution is 2.24. The molecule has 1 fully saturated rings. The summed E-state index contributed by atoms with van der Waals surface area (Å²) in [5.74, 6) is 0.418. The van der Waals surface area contributed by atoms with Crippen LogP contribution in [-0.2, 0) is 0 Å². The first kappa shape index (κ1) is 13.9. The Hall–Kier alpha value is -1.55. The standard InChI is InChI=1S/C15H21NO3/c1-11(12-7-9-16(2)10-8-12)19-14-5-3-13(4-6-14)15(17)18/h3-6,11-12H,7-10H2,1-2H3,(H,17,18). The van der Waals surface area contributed by atoms with Crippen molar-refractivity contribution in [3.05, 3.63) is 29.8 Å². The number of aromatic carboxylic acids is 1. The molecule has 1 aromatic rings.